The molecule has 0 aromatic heterocycles. The minimum absolute atomic E-state index is 0.0785. The highest BCUT2D eigenvalue weighted by Gasteiger charge is 2.55. The van der Waals surface area contributed by atoms with E-state index < -0.39 is 0 Å². The monoisotopic (exact) mass is 303 g/mol. The highest BCUT2D eigenvalue weighted by atomic mass is 16.6. The first-order valence-corrected chi connectivity index (χ1v) is 9.17. The number of carbonyl (C=O) groups is 1. The van der Waals surface area contributed by atoms with E-state index >= 15 is 0 Å². The first-order chi connectivity index (χ1) is 10.6. The minimum Gasteiger partial charge on any atom is -0.462 e. The fourth-order valence-electron chi connectivity index (χ4n) is 5.71. The highest BCUT2D eigenvalue weighted by Crippen LogP contribution is 2.56. The molecule has 4 rings (SSSR count). The SMILES string of the molecule is C=C1CCC[C@]2(C)C[C@@H]3OC(=O)[C@H](CN4CCCC4)[C@H]3C[C@@H]12. The van der Waals surface area contributed by atoms with Gasteiger partial charge in [0.2, 0.25) is 0 Å². The molecule has 0 amide bonds. The number of ether oxygens (including phenoxy) is 1. The molecule has 0 spiro atoms. The third-order valence-electron chi connectivity index (χ3n) is 6.97. The molecule has 3 heteroatoms. The number of allylic oxidation sites excluding steroid dienone is 1. The lowest BCUT2D eigenvalue weighted by molar-refractivity contribution is -0.146. The molecule has 22 heavy (non-hydrogen) atoms. The number of likely N-dealkylation sites (tertiary alicyclic amines) is 1. The van der Waals surface area contributed by atoms with Crippen LogP contribution in [0.25, 0.3) is 0 Å². The average molecular weight is 303 g/mol. The van der Waals surface area contributed by atoms with Gasteiger partial charge in [0.05, 0.1) is 5.92 Å². The fourth-order valence-corrected chi connectivity index (χ4v) is 5.71. The lowest BCUT2D eigenvalue weighted by Crippen LogP contribution is -2.45. The summed E-state index contributed by atoms with van der Waals surface area (Å²) in [5, 5.41) is 0. The molecule has 4 fully saturated rings. The Labute approximate surface area is 134 Å². The van der Waals surface area contributed by atoms with Crippen molar-refractivity contribution in [2.75, 3.05) is 19.6 Å². The Morgan fingerprint density at radius 3 is 2.86 bits per heavy atom. The quantitative estimate of drug-likeness (QED) is 0.578. The lowest BCUT2D eigenvalue weighted by atomic mass is 9.55. The van der Waals surface area contributed by atoms with Crippen LogP contribution >= 0.6 is 0 Å². The molecule has 0 radical (unpaired) electrons. The summed E-state index contributed by atoms with van der Waals surface area (Å²) in [5.74, 6) is 1.23. The van der Waals surface area contributed by atoms with Gasteiger partial charge in [-0.2, -0.15) is 0 Å². The molecule has 5 atom stereocenters. The van der Waals surface area contributed by atoms with Gasteiger partial charge in [0.25, 0.3) is 0 Å². The molecule has 2 saturated heterocycles. The zero-order valence-corrected chi connectivity index (χ0v) is 13.9. The molecular formula is C19H29NO2. The average Bonchev–Trinajstić information content (AvgIpc) is 3.06. The summed E-state index contributed by atoms with van der Waals surface area (Å²) in [6, 6.07) is 0. The van der Waals surface area contributed by atoms with Crippen molar-refractivity contribution < 1.29 is 9.53 Å². The predicted octanol–water partition coefficient (Wildman–Crippen LogP) is 3.40. The Bertz CT molecular complexity index is 482. The Kier molecular flexibility index (Phi) is 3.60. The van der Waals surface area contributed by atoms with Crippen LogP contribution in [0.3, 0.4) is 0 Å². The van der Waals surface area contributed by atoms with Gasteiger partial charge in [-0.15, -0.1) is 0 Å². The fraction of sp³-hybridized carbons (Fsp3) is 0.842. The van der Waals surface area contributed by atoms with Gasteiger partial charge < -0.3 is 9.64 Å². The number of esters is 1. The lowest BCUT2D eigenvalue weighted by Gasteiger charge is -2.50. The summed E-state index contributed by atoms with van der Waals surface area (Å²) in [7, 11) is 0. The van der Waals surface area contributed by atoms with Crippen molar-refractivity contribution in [3.63, 3.8) is 0 Å². The van der Waals surface area contributed by atoms with Gasteiger partial charge in [0, 0.05) is 12.5 Å². The van der Waals surface area contributed by atoms with Crippen molar-refractivity contribution in [1.29, 1.82) is 0 Å². The zero-order valence-electron chi connectivity index (χ0n) is 13.9. The van der Waals surface area contributed by atoms with Crippen LogP contribution in [0.1, 0.15) is 51.9 Å². The van der Waals surface area contributed by atoms with Crippen LogP contribution in [0.4, 0.5) is 0 Å². The zero-order chi connectivity index (χ0) is 15.3. The summed E-state index contributed by atoms with van der Waals surface area (Å²) in [4.78, 5) is 14.9. The smallest absolute Gasteiger partial charge is 0.310 e. The topological polar surface area (TPSA) is 29.5 Å². The minimum atomic E-state index is 0.0785. The molecule has 3 nitrogen and oxygen atoms in total. The third kappa shape index (κ3) is 2.33. The second-order valence-electron chi connectivity index (χ2n) is 8.41. The van der Waals surface area contributed by atoms with Crippen molar-refractivity contribution in [2.24, 2.45) is 23.2 Å². The number of rotatable bonds is 2. The standard InChI is InChI=1S/C19H29NO2/c1-13-6-5-7-19(2)11-17-14(10-16(13)19)15(18(21)22-17)12-20-8-3-4-9-20/h14-17H,1,3-12H2,2H3/t14-,15-,16+,17+,19-/m1/s1. The first-order valence-electron chi connectivity index (χ1n) is 9.17. The summed E-state index contributed by atoms with van der Waals surface area (Å²) in [5.41, 5.74) is 1.76. The van der Waals surface area contributed by atoms with Crippen LogP contribution in [-0.4, -0.2) is 36.6 Å². The van der Waals surface area contributed by atoms with Crippen LogP contribution in [0.2, 0.25) is 0 Å². The predicted molar refractivity (Wildman–Crippen MR) is 86.4 cm³/mol. The van der Waals surface area contributed by atoms with Gasteiger partial charge in [-0.25, -0.2) is 0 Å². The Balaban J connectivity index is 1.53. The van der Waals surface area contributed by atoms with Crippen LogP contribution in [0.15, 0.2) is 12.2 Å². The maximum Gasteiger partial charge on any atom is 0.310 e. The number of hydrogen-bond acceptors (Lipinski definition) is 3. The normalized spacial score (nSPS) is 45.5. The Morgan fingerprint density at radius 1 is 1.32 bits per heavy atom. The Morgan fingerprint density at radius 2 is 2.09 bits per heavy atom. The molecule has 122 valence electrons. The van der Waals surface area contributed by atoms with Crippen molar-refractivity contribution >= 4 is 5.97 Å². The molecule has 0 bridgehead atoms. The molecule has 2 saturated carbocycles. The molecule has 2 aliphatic carbocycles. The van der Waals surface area contributed by atoms with E-state index in [1.54, 1.807) is 0 Å². The van der Waals surface area contributed by atoms with E-state index in [4.69, 9.17) is 4.74 Å². The summed E-state index contributed by atoms with van der Waals surface area (Å²) in [6.45, 7) is 10.0. The van der Waals surface area contributed by atoms with E-state index in [2.05, 4.69) is 18.4 Å². The van der Waals surface area contributed by atoms with Crippen LogP contribution in [0.5, 0.6) is 0 Å². The van der Waals surface area contributed by atoms with Gasteiger partial charge in [0.15, 0.2) is 0 Å². The van der Waals surface area contributed by atoms with Gasteiger partial charge in [0.1, 0.15) is 6.10 Å². The first kappa shape index (κ1) is 14.7. The molecule has 2 heterocycles. The molecule has 0 aromatic rings. The van der Waals surface area contributed by atoms with E-state index in [1.807, 2.05) is 0 Å². The summed E-state index contributed by atoms with van der Waals surface area (Å²) in [6.07, 6.45) is 8.65. The summed E-state index contributed by atoms with van der Waals surface area (Å²) < 4.78 is 5.84. The van der Waals surface area contributed by atoms with E-state index in [1.165, 1.54) is 37.7 Å². The number of nitrogens with zero attached hydrogens (tertiary/aromatic N) is 1. The van der Waals surface area contributed by atoms with Gasteiger partial charge in [-0.1, -0.05) is 19.1 Å². The molecular weight excluding hydrogens is 274 g/mol. The van der Waals surface area contributed by atoms with Gasteiger partial charge >= 0.3 is 5.97 Å². The van der Waals surface area contributed by atoms with Crippen LogP contribution in [-0.2, 0) is 9.53 Å². The van der Waals surface area contributed by atoms with E-state index in [-0.39, 0.29) is 18.0 Å². The maximum atomic E-state index is 12.4. The van der Waals surface area contributed by atoms with Crippen molar-refractivity contribution in [3.05, 3.63) is 12.2 Å². The van der Waals surface area contributed by atoms with Crippen molar-refractivity contribution in [3.8, 4) is 0 Å². The maximum absolute atomic E-state index is 12.4. The largest absolute Gasteiger partial charge is 0.462 e. The highest BCUT2D eigenvalue weighted by molar-refractivity contribution is 5.75. The van der Waals surface area contributed by atoms with E-state index in [0.29, 0.717) is 17.3 Å². The van der Waals surface area contributed by atoms with Crippen LogP contribution < -0.4 is 0 Å². The molecule has 0 unspecified atom stereocenters. The molecule has 0 N–H and O–H groups in total. The number of hydrogen-bond donors (Lipinski definition) is 0. The molecule has 0 aromatic carbocycles. The van der Waals surface area contributed by atoms with Crippen molar-refractivity contribution in [2.45, 2.75) is 58.0 Å². The summed E-state index contributed by atoms with van der Waals surface area (Å²) >= 11 is 0. The number of carbonyl (C=O) groups excluding carboxylic acids is 1. The van der Waals surface area contributed by atoms with Gasteiger partial charge in [-0.3, -0.25) is 4.79 Å². The second kappa shape index (κ2) is 5.36. The van der Waals surface area contributed by atoms with Gasteiger partial charge in [-0.05, 0) is 69.4 Å². The van der Waals surface area contributed by atoms with E-state index in [0.717, 1.165) is 32.5 Å². The van der Waals surface area contributed by atoms with Crippen LogP contribution in [0, 0.1) is 23.2 Å². The third-order valence-corrected chi connectivity index (χ3v) is 6.97. The number of fused-ring (bicyclic) bond motifs is 2. The van der Waals surface area contributed by atoms with E-state index in [9.17, 15) is 4.79 Å². The van der Waals surface area contributed by atoms with Crippen molar-refractivity contribution in [1.82, 2.24) is 4.90 Å². The molecule has 4 aliphatic rings. The Hall–Kier alpha value is -0.830. The second-order valence-corrected chi connectivity index (χ2v) is 8.41. The molecule has 2 aliphatic heterocycles.